The van der Waals surface area contributed by atoms with Gasteiger partial charge in [0.2, 0.25) is 5.91 Å². The zero-order chi connectivity index (χ0) is 19.4. The van der Waals surface area contributed by atoms with Gasteiger partial charge in [-0.3, -0.25) is 13.8 Å². The summed E-state index contributed by atoms with van der Waals surface area (Å²) in [6.07, 6.45) is 1.16. The van der Waals surface area contributed by atoms with Crippen molar-refractivity contribution in [1.82, 2.24) is 4.90 Å². The summed E-state index contributed by atoms with van der Waals surface area (Å²) >= 11 is 0. The Labute approximate surface area is 161 Å². The average Bonchev–Trinajstić information content (AvgIpc) is 3.11. The van der Waals surface area contributed by atoms with Crippen LogP contribution in [0.5, 0.6) is 0 Å². The van der Waals surface area contributed by atoms with Gasteiger partial charge in [0.15, 0.2) is 5.76 Å². The molecule has 1 fully saturated rings. The molecule has 7 heteroatoms. The average molecular weight is 388 g/mol. The first-order chi connectivity index (χ1) is 12.9. The van der Waals surface area contributed by atoms with E-state index in [1.807, 2.05) is 31.2 Å². The number of primary amides is 1. The number of nitrogens with two attached hydrogens (primary N) is 1. The molecular weight excluding hydrogens is 364 g/mol. The molecule has 1 aromatic heterocycles. The van der Waals surface area contributed by atoms with Crippen LogP contribution >= 0.6 is 0 Å². The first-order valence-corrected chi connectivity index (χ1v) is 10.5. The van der Waals surface area contributed by atoms with Crippen LogP contribution in [0.3, 0.4) is 0 Å². The zero-order valence-electron chi connectivity index (χ0n) is 15.3. The van der Waals surface area contributed by atoms with Gasteiger partial charge in [0.05, 0.1) is 5.75 Å². The molecule has 1 aliphatic heterocycles. The molecule has 0 spiro atoms. The number of hydrogen-bond donors (Lipinski definition) is 1. The lowest BCUT2D eigenvalue weighted by Gasteiger charge is -2.29. The molecule has 0 aliphatic carbocycles. The topological polar surface area (TPSA) is 93.6 Å². The fourth-order valence-electron chi connectivity index (χ4n) is 3.17. The largest absolute Gasteiger partial charge is 0.455 e. The Balaban J connectivity index is 1.54. The highest BCUT2D eigenvalue weighted by atomic mass is 32.2. The summed E-state index contributed by atoms with van der Waals surface area (Å²) in [4.78, 5) is 25.4. The Morgan fingerprint density at radius 3 is 2.41 bits per heavy atom. The maximum atomic E-state index is 12.5. The van der Waals surface area contributed by atoms with E-state index in [-0.39, 0.29) is 29.2 Å². The Morgan fingerprint density at radius 1 is 1.11 bits per heavy atom. The second-order valence-electron chi connectivity index (χ2n) is 6.95. The number of amides is 2. The summed E-state index contributed by atoms with van der Waals surface area (Å²) in [5.74, 6) is 0.832. The highest BCUT2D eigenvalue weighted by Crippen LogP contribution is 2.20. The molecule has 144 valence electrons. The highest BCUT2D eigenvalue weighted by Gasteiger charge is 2.27. The molecule has 27 heavy (non-hydrogen) atoms. The molecule has 1 aromatic carbocycles. The molecule has 1 aliphatic rings. The third-order valence-corrected chi connectivity index (χ3v) is 6.07. The molecule has 2 aromatic rings. The SMILES string of the molecule is Cc1ccc(C[S@@](=O)Cc2ccc(C(=O)N3CCC(C(N)=O)CC3)o2)cc1. The van der Waals surface area contributed by atoms with Crippen LogP contribution in [0.1, 0.15) is 40.3 Å². The van der Waals surface area contributed by atoms with Crippen LogP contribution in [0.15, 0.2) is 40.8 Å². The molecule has 2 amide bonds. The lowest BCUT2D eigenvalue weighted by atomic mass is 9.96. The van der Waals surface area contributed by atoms with E-state index in [1.54, 1.807) is 17.0 Å². The molecule has 2 N–H and O–H groups in total. The van der Waals surface area contributed by atoms with Crippen LogP contribution < -0.4 is 5.73 Å². The third-order valence-electron chi connectivity index (χ3n) is 4.81. The van der Waals surface area contributed by atoms with Gasteiger partial charge in [0.25, 0.3) is 5.91 Å². The zero-order valence-corrected chi connectivity index (χ0v) is 16.2. The summed E-state index contributed by atoms with van der Waals surface area (Å²) in [7, 11) is -1.11. The number of nitrogens with zero attached hydrogens (tertiary/aromatic N) is 1. The normalized spacial score (nSPS) is 16.3. The van der Waals surface area contributed by atoms with E-state index in [0.717, 1.165) is 5.56 Å². The standard InChI is InChI=1S/C20H24N2O4S/c1-14-2-4-15(5-3-14)12-27(25)13-17-6-7-18(26-17)20(24)22-10-8-16(9-11-22)19(21)23/h2-7,16H,8-13H2,1H3,(H2,21,23)/t27-/m1/s1. The number of likely N-dealkylation sites (tertiary alicyclic amines) is 1. The Hall–Kier alpha value is -2.41. The van der Waals surface area contributed by atoms with Crippen LogP contribution in [0.25, 0.3) is 0 Å². The summed E-state index contributed by atoms with van der Waals surface area (Å²) in [6.45, 7) is 2.99. The smallest absolute Gasteiger partial charge is 0.289 e. The van der Waals surface area contributed by atoms with Crippen molar-refractivity contribution < 1.29 is 18.2 Å². The fraction of sp³-hybridized carbons (Fsp3) is 0.400. The van der Waals surface area contributed by atoms with Crippen LogP contribution in [-0.4, -0.2) is 34.0 Å². The second kappa shape index (κ2) is 8.52. The summed E-state index contributed by atoms with van der Waals surface area (Å²) in [5, 5.41) is 0. The van der Waals surface area contributed by atoms with Gasteiger partial charge < -0.3 is 15.1 Å². The number of piperidine rings is 1. The number of carbonyl (C=O) groups excluding carboxylic acids is 2. The molecule has 6 nitrogen and oxygen atoms in total. The number of benzene rings is 1. The van der Waals surface area contributed by atoms with Gasteiger partial charge in [0, 0.05) is 35.6 Å². The van der Waals surface area contributed by atoms with Crippen LogP contribution in [-0.2, 0) is 27.1 Å². The van der Waals surface area contributed by atoms with E-state index in [0.29, 0.717) is 37.4 Å². The van der Waals surface area contributed by atoms with Crippen molar-refractivity contribution in [3.8, 4) is 0 Å². The molecule has 3 rings (SSSR count). The van der Waals surface area contributed by atoms with Crippen molar-refractivity contribution >= 4 is 22.6 Å². The fourth-order valence-corrected chi connectivity index (χ4v) is 4.31. The molecule has 0 bridgehead atoms. The number of hydrogen-bond acceptors (Lipinski definition) is 4. The summed E-state index contributed by atoms with van der Waals surface area (Å²) in [6, 6.07) is 11.3. The number of carbonyl (C=O) groups is 2. The lowest BCUT2D eigenvalue weighted by molar-refractivity contribution is -0.123. The second-order valence-corrected chi connectivity index (χ2v) is 8.41. The quantitative estimate of drug-likeness (QED) is 0.822. The van der Waals surface area contributed by atoms with E-state index in [4.69, 9.17) is 10.2 Å². The molecular formula is C20H24N2O4S. The van der Waals surface area contributed by atoms with Gasteiger partial charge in [-0.2, -0.15) is 0 Å². The van der Waals surface area contributed by atoms with E-state index >= 15 is 0 Å². The van der Waals surface area contributed by atoms with E-state index in [2.05, 4.69) is 0 Å². The van der Waals surface area contributed by atoms with E-state index in [9.17, 15) is 13.8 Å². The van der Waals surface area contributed by atoms with E-state index < -0.39 is 10.8 Å². The van der Waals surface area contributed by atoms with Crippen molar-refractivity contribution in [1.29, 1.82) is 0 Å². The van der Waals surface area contributed by atoms with Gasteiger partial charge in [-0.1, -0.05) is 29.8 Å². The van der Waals surface area contributed by atoms with Gasteiger partial charge in [-0.05, 0) is 37.5 Å². The minimum absolute atomic E-state index is 0.162. The van der Waals surface area contributed by atoms with Crippen LogP contribution in [0, 0.1) is 12.8 Å². The first-order valence-electron chi connectivity index (χ1n) is 9.00. The van der Waals surface area contributed by atoms with Gasteiger partial charge in [-0.15, -0.1) is 0 Å². The summed E-state index contributed by atoms with van der Waals surface area (Å²) in [5.41, 5.74) is 7.50. The summed E-state index contributed by atoms with van der Waals surface area (Å²) < 4.78 is 18.0. The predicted molar refractivity (Wildman–Crippen MR) is 103 cm³/mol. The number of rotatable bonds is 6. The van der Waals surface area contributed by atoms with Crippen molar-refractivity contribution in [2.24, 2.45) is 11.7 Å². The van der Waals surface area contributed by atoms with Crippen molar-refractivity contribution in [3.05, 3.63) is 59.0 Å². The molecule has 1 saturated heterocycles. The highest BCUT2D eigenvalue weighted by molar-refractivity contribution is 7.83. The number of aryl methyl sites for hydroxylation is 1. The van der Waals surface area contributed by atoms with Crippen molar-refractivity contribution in [3.63, 3.8) is 0 Å². The van der Waals surface area contributed by atoms with E-state index in [1.165, 1.54) is 5.56 Å². The third kappa shape index (κ3) is 5.07. The van der Waals surface area contributed by atoms with Gasteiger partial charge in [-0.25, -0.2) is 0 Å². The van der Waals surface area contributed by atoms with Crippen molar-refractivity contribution in [2.75, 3.05) is 13.1 Å². The molecule has 1 atom stereocenters. The number of furan rings is 1. The van der Waals surface area contributed by atoms with Gasteiger partial charge in [0.1, 0.15) is 5.76 Å². The molecule has 2 heterocycles. The maximum absolute atomic E-state index is 12.5. The van der Waals surface area contributed by atoms with Gasteiger partial charge >= 0.3 is 0 Å². The van der Waals surface area contributed by atoms with Crippen LogP contribution in [0.2, 0.25) is 0 Å². The Kier molecular flexibility index (Phi) is 6.11. The minimum Gasteiger partial charge on any atom is -0.455 e. The molecule has 0 radical (unpaired) electrons. The first kappa shape index (κ1) is 19.4. The predicted octanol–water partition coefficient (Wildman–Crippen LogP) is 2.37. The van der Waals surface area contributed by atoms with Crippen LogP contribution in [0.4, 0.5) is 0 Å². The Bertz CT molecular complexity index is 836. The Morgan fingerprint density at radius 2 is 1.78 bits per heavy atom. The molecule has 0 unspecified atom stereocenters. The van der Waals surface area contributed by atoms with Crippen molar-refractivity contribution in [2.45, 2.75) is 31.3 Å². The minimum atomic E-state index is -1.11. The maximum Gasteiger partial charge on any atom is 0.289 e. The monoisotopic (exact) mass is 388 g/mol. The molecule has 0 saturated carbocycles. The lowest BCUT2D eigenvalue weighted by Crippen LogP contribution is -2.41.